The molecule has 0 unspecified atom stereocenters. The fourth-order valence-corrected chi connectivity index (χ4v) is 1.63. The molecule has 0 bridgehead atoms. The molecule has 2 aromatic rings. The lowest BCUT2D eigenvalue weighted by atomic mass is 10.2. The molecule has 0 aliphatic heterocycles. The number of aryl methyl sites for hydroxylation is 1. The van der Waals surface area contributed by atoms with Crippen molar-refractivity contribution in [1.29, 1.82) is 0 Å². The Balaban J connectivity index is 1.89. The SMILES string of the molecule is CCc1[nH]nc(C(=O)NCCn2cccn2)c1N. The van der Waals surface area contributed by atoms with E-state index in [0.717, 1.165) is 12.1 Å². The van der Waals surface area contributed by atoms with Crippen LogP contribution in [0.15, 0.2) is 18.5 Å². The van der Waals surface area contributed by atoms with E-state index in [9.17, 15) is 4.79 Å². The first kappa shape index (κ1) is 12.2. The number of amides is 1. The Hall–Kier alpha value is -2.31. The third-order valence-electron chi connectivity index (χ3n) is 2.64. The molecular weight excluding hydrogens is 232 g/mol. The van der Waals surface area contributed by atoms with Crippen molar-refractivity contribution in [3.63, 3.8) is 0 Å². The summed E-state index contributed by atoms with van der Waals surface area (Å²) in [6.07, 6.45) is 4.25. The normalized spacial score (nSPS) is 10.5. The van der Waals surface area contributed by atoms with Gasteiger partial charge in [0.25, 0.3) is 5.91 Å². The summed E-state index contributed by atoms with van der Waals surface area (Å²) in [5.74, 6) is -0.268. The number of H-pyrrole nitrogens is 1. The van der Waals surface area contributed by atoms with Crippen molar-refractivity contribution in [3.05, 3.63) is 29.8 Å². The number of nitrogens with one attached hydrogen (secondary N) is 2. The zero-order valence-corrected chi connectivity index (χ0v) is 10.2. The fourth-order valence-electron chi connectivity index (χ4n) is 1.63. The first-order valence-corrected chi connectivity index (χ1v) is 5.80. The molecule has 2 rings (SSSR count). The summed E-state index contributed by atoms with van der Waals surface area (Å²) in [5, 5.41) is 13.5. The Bertz CT molecular complexity index is 516. The molecule has 96 valence electrons. The molecule has 4 N–H and O–H groups in total. The number of anilines is 1. The van der Waals surface area contributed by atoms with Gasteiger partial charge in [-0.25, -0.2) is 0 Å². The van der Waals surface area contributed by atoms with Crippen LogP contribution in [0.5, 0.6) is 0 Å². The number of carbonyl (C=O) groups excluding carboxylic acids is 1. The molecule has 2 heterocycles. The molecule has 0 aromatic carbocycles. The minimum atomic E-state index is -0.268. The molecule has 0 atom stereocenters. The molecule has 0 spiro atoms. The van der Waals surface area contributed by atoms with Crippen LogP contribution in [0.4, 0.5) is 5.69 Å². The van der Waals surface area contributed by atoms with Gasteiger partial charge in [-0.2, -0.15) is 10.2 Å². The van der Waals surface area contributed by atoms with Crippen LogP contribution in [0, 0.1) is 0 Å². The van der Waals surface area contributed by atoms with Crippen molar-refractivity contribution in [3.8, 4) is 0 Å². The average Bonchev–Trinajstić information content (AvgIpc) is 2.98. The van der Waals surface area contributed by atoms with Crippen LogP contribution < -0.4 is 11.1 Å². The molecule has 0 aliphatic carbocycles. The Morgan fingerprint density at radius 1 is 1.61 bits per heavy atom. The number of aromatic amines is 1. The number of nitrogens with zero attached hydrogens (tertiary/aromatic N) is 3. The van der Waals surface area contributed by atoms with Crippen LogP contribution in [0.2, 0.25) is 0 Å². The van der Waals surface area contributed by atoms with Crippen molar-refractivity contribution >= 4 is 11.6 Å². The number of nitrogens with two attached hydrogens (primary N) is 1. The lowest BCUT2D eigenvalue weighted by molar-refractivity contribution is 0.0948. The summed E-state index contributed by atoms with van der Waals surface area (Å²) in [7, 11) is 0. The highest BCUT2D eigenvalue weighted by Crippen LogP contribution is 2.13. The number of hydrogen-bond acceptors (Lipinski definition) is 4. The number of aromatic nitrogens is 4. The zero-order valence-electron chi connectivity index (χ0n) is 10.2. The highest BCUT2D eigenvalue weighted by molar-refractivity contribution is 5.97. The Labute approximate surface area is 104 Å². The lowest BCUT2D eigenvalue weighted by Gasteiger charge is -2.04. The molecule has 1 amide bonds. The van der Waals surface area contributed by atoms with E-state index in [1.54, 1.807) is 10.9 Å². The summed E-state index contributed by atoms with van der Waals surface area (Å²) in [5.41, 5.74) is 7.28. The van der Waals surface area contributed by atoms with Gasteiger partial charge >= 0.3 is 0 Å². The zero-order chi connectivity index (χ0) is 13.0. The lowest BCUT2D eigenvalue weighted by Crippen LogP contribution is -2.28. The standard InChI is InChI=1S/C11H16N6O/c1-2-8-9(12)10(16-15-8)11(18)13-5-7-17-6-3-4-14-17/h3-4,6H,2,5,7,12H2,1H3,(H,13,18)(H,15,16). The van der Waals surface area contributed by atoms with Gasteiger partial charge in [0.15, 0.2) is 5.69 Å². The average molecular weight is 248 g/mol. The number of nitrogen functional groups attached to an aromatic ring is 1. The van der Waals surface area contributed by atoms with Crippen LogP contribution in [0.25, 0.3) is 0 Å². The van der Waals surface area contributed by atoms with Crippen molar-refractivity contribution in [2.45, 2.75) is 19.9 Å². The van der Waals surface area contributed by atoms with Gasteiger partial charge < -0.3 is 11.1 Å². The predicted octanol–water partition coefficient (Wildman–Crippen LogP) is 0.181. The van der Waals surface area contributed by atoms with Gasteiger partial charge in [-0.3, -0.25) is 14.6 Å². The van der Waals surface area contributed by atoms with Crippen molar-refractivity contribution in [2.75, 3.05) is 12.3 Å². The van der Waals surface area contributed by atoms with E-state index in [2.05, 4.69) is 20.6 Å². The summed E-state index contributed by atoms with van der Waals surface area (Å²) in [6, 6.07) is 1.83. The van der Waals surface area contributed by atoms with Gasteiger partial charge in [-0.05, 0) is 12.5 Å². The molecule has 7 nitrogen and oxygen atoms in total. The molecular formula is C11H16N6O. The van der Waals surface area contributed by atoms with Gasteiger partial charge in [0.1, 0.15) is 0 Å². The maximum atomic E-state index is 11.8. The Kier molecular flexibility index (Phi) is 3.61. The van der Waals surface area contributed by atoms with Gasteiger partial charge in [-0.1, -0.05) is 6.92 Å². The quantitative estimate of drug-likeness (QED) is 0.702. The second-order valence-electron chi connectivity index (χ2n) is 3.84. The second-order valence-corrected chi connectivity index (χ2v) is 3.84. The molecule has 0 saturated heterocycles. The molecule has 18 heavy (non-hydrogen) atoms. The second kappa shape index (κ2) is 5.35. The molecule has 0 aliphatic rings. The van der Waals surface area contributed by atoms with E-state index < -0.39 is 0 Å². The van der Waals surface area contributed by atoms with Crippen LogP contribution in [0.1, 0.15) is 23.1 Å². The molecule has 7 heteroatoms. The smallest absolute Gasteiger partial charge is 0.274 e. The Morgan fingerprint density at radius 2 is 2.44 bits per heavy atom. The topological polar surface area (TPSA) is 102 Å². The third-order valence-corrected chi connectivity index (χ3v) is 2.64. The van der Waals surface area contributed by atoms with Crippen molar-refractivity contribution in [1.82, 2.24) is 25.3 Å². The Morgan fingerprint density at radius 3 is 3.06 bits per heavy atom. The number of hydrogen-bond donors (Lipinski definition) is 3. The van der Waals surface area contributed by atoms with E-state index >= 15 is 0 Å². The van der Waals surface area contributed by atoms with Crippen molar-refractivity contribution < 1.29 is 4.79 Å². The predicted molar refractivity (Wildman–Crippen MR) is 66.9 cm³/mol. The third kappa shape index (κ3) is 2.50. The largest absolute Gasteiger partial charge is 0.395 e. The minimum Gasteiger partial charge on any atom is -0.395 e. The maximum Gasteiger partial charge on any atom is 0.274 e. The molecule has 2 aromatic heterocycles. The van der Waals surface area contributed by atoms with E-state index in [-0.39, 0.29) is 11.6 Å². The maximum absolute atomic E-state index is 11.8. The van der Waals surface area contributed by atoms with E-state index in [1.807, 2.05) is 19.2 Å². The van der Waals surface area contributed by atoms with Gasteiger partial charge in [-0.15, -0.1) is 0 Å². The summed E-state index contributed by atoms with van der Waals surface area (Å²) in [4.78, 5) is 11.8. The van der Waals surface area contributed by atoms with Gasteiger partial charge in [0, 0.05) is 18.9 Å². The highest BCUT2D eigenvalue weighted by Gasteiger charge is 2.15. The van der Waals surface area contributed by atoms with Crippen LogP contribution in [-0.4, -0.2) is 32.4 Å². The first-order chi connectivity index (χ1) is 8.72. The number of carbonyl (C=O) groups is 1. The summed E-state index contributed by atoms with van der Waals surface area (Å²) < 4.78 is 1.74. The van der Waals surface area contributed by atoms with Crippen LogP contribution >= 0.6 is 0 Å². The fraction of sp³-hybridized carbons (Fsp3) is 0.364. The summed E-state index contributed by atoms with van der Waals surface area (Å²) >= 11 is 0. The van der Waals surface area contributed by atoms with Gasteiger partial charge in [0.05, 0.1) is 17.9 Å². The monoisotopic (exact) mass is 248 g/mol. The van der Waals surface area contributed by atoms with Crippen LogP contribution in [0.3, 0.4) is 0 Å². The van der Waals surface area contributed by atoms with E-state index in [4.69, 9.17) is 5.73 Å². The molecule has 0 radical (unpaired) electrons. The highest BCUT2D eigenvalue weighted by atomic mass is 16.1. The van der Waals surface area contributed by atoms with E-state index in [0.29, 0.717) is 18.8 Å². The first-order valence-electron chi connectivity index (χ1n) is 5.80. The molecule has 0 saturated carbocycles. The van der Waals surface area contributed by atoms with Crippen molar-refractivity contribution in [2.24, 2.45) is 0 Å². The van der Waals surface area contributed by atoms with E-state index in [1.165, 1.54) is 0 Å². The number of rotatable bonds is 5. The summed E-state index contributed by atoms with van der Waals surface area (Å²) in [6.45, 7) is 3.04. The minimum absolute atomic E-state index is 0.257. The van der Waals surface area contributed by atoms with Crippen LogP contribution in [-0.2, 0) is 13.0 Å². The van der Waals surface area contributed by atoms with Gasteiger partial charge in [0.2, 0.25) is 0 Å². The molecule has 0 fully saturated rings.